The van der Waals surface area contributed by atoms with Gasteiger partial charge in [-0.3, -0.25) is 4.68 Å². The topological polar surface area (TPSA) is 82.8 Å². The van der Waals surface area contributed by atoms with Gasteiger partial charge in [-0.25, -0.2) is 0 Å². The monoisotopic (exact) mass is 229 g/mol. The fourth-order valence-electron chi connectivity index (χ4n) is 1.05. The second-order valence-electron chi connectivity index (χ2n) is 3.04. The van der Waals surface area contributed by atoms with Crippen molar-refractivity contribution in [2.45, 2.75) is 19.5 Å². The molecule has 2 aromatic rings. The third-order valence-corrected chi connectivity index (χ3v) is 1.75. The van der Waals surface area contributed by atoms with E-state index in [1.165, 1.54) is 0 Å². The molecule has 82 valence electrons. The summed E-state index contributed by atoms with van der Waals surface area (Å²) in [6.45, 7) is 2.29. The molecule has 0 aromatic carbocycles. The summed E-state index contributed by atoms with van der Waals surface area (Å²) in [6, 6.07) is 1.63. The molecular weight excluding hydrogens is 218 g/mol. The molecule has 0 amide bonds. The van der Waals surface area contributed by atoms with Gasteiger partial charge in [0.15, 0.2) is 5.82 Å². The minimum atomic E-state index is -0.204. The average molecular weight is 230 g/mol. The number of rotatable bonds is 3. The van der Waals surface area contributed by atoms with Gasteiger partial charge in [0, 0.05) is 12.4 Å². The molecular formula is C8H12ClN5O. The predicted molar refractivity (Wildman–Crippen MR) is 55.5 cm³/mol. The van der Waals surface area contributed by atoms with Crippen LogP contribution in [0.25, 0.3) is 0 Å². The second-order valence-corrected chi connectivity index (χ2v) is 3.04. The van der Waals surface area contributed by atoms with Gasteiger partial charge in [0.05, 0.1) is 6.04 Å². The van der Waals surface area contributed by atoms with Crippen LogP contribution in [0.4, 0.5) is 0 Å². The van der Waals surface area contributed by atoms with Crippen molar-refractivity contribution in [2.24, 2.45) is 5.73 Å². The molecule has 0 saturated heterocycles. The molecule has 0 spiro atoms. The van der Waals surface area contributed by atoms with Crippen LogP contribution in [0.1, 0.15) is 24.7 Å². The molecule has 2 N–H and O–H groups in total. The van der Waals surface area contributed by atoms with Crippen molar-refractivity contribution in [1.29, 1.82) is 0 Å². The zero-order valence-corrected chi connectivity index (χ0v) is 9.02. The number of nitrogens with zero attached hydrogens (tertiary/aromatic N) is 4. The minimum Gasteiger partial charge on any atom is -0.337 e. The first-order chi connectivity index (χ1) is 6.75. The summed E-state index contributed by atoms with van der Waals surface area (Å²) in [7, 11) is 0. The van der Waals surface area contributed by atoms with Gasteiger partial charge in [0.2, 0.25) is 5.89 Å². The van der Waals surface area contributed by atoms with Crippen LogP contribution in [0.5, 0.6) is 0 Å². The zero-order valence-electron chi connectivity index (χ0n) is 8.20. The second kappa shape index (κ2) is 4.90. The summed E-state index contributed by atoms with van der Waals surface area (Å²) < 4.78 is 6.70. The van der Waals surface area contributed by atoms with E-state index in [0.29, 0.717) is 18.3 Å². The number of hydrogen-bond acceptors (Lipinski definition) is 5. The third-order valence-electron chi connectivity index (χ3n) is 1.75. The smallest absolute Gasteiger partial charge is 0.248 e. The van der Waals surface area contributed by atoms with Gasteiger partial charge in [-0.15, -0.1) is 12.4 Å². The first-order valence-corrected chi connectivity index (χ1v) is 4.31. The number of aromatic nitrogens is 4. The van der Waals surface area contributed by atoms with Gasteiger partial charge in [0.25, 0.3) is 0 Å². The summed E-state index contributed by atoms with van der Waals surface area (Å²) in [4.78, 5) is 4.12. The van der Waals surface area contributed by atoms with Crippen molar-refractivity contribution in [3.63, 3.8) is 0 Å². The highest BCUT2D eigenvalue weighted by atomic mass is 35.5. The molecule has 2 rings (SSSR count). The first-order valence-electron chi connectivity index (χ1n) is 4.31. The van der Waals surface area contributed by atoms with E-state index in [-0.39, 0.29) is 18.4 Å². The molecule has 6 nitrogen and oxygen atoms in total. The van der Waals surface area contributed by atoms with Crippen molar-refractivity contribution in [1.82, 2.24) is 19.9 Å². The Morgan fingerprint density at radius 1 is 1.60 bits per heavy atom. The van der Waals surface area contributed by atoms with E-state index < -0.39 is 0 Å². The van der Waals surface area contributed by atoms with Gasteiger partial charge < -0.3 is 10.3 Å². The Bertz CT molecular complexity index is 397. The Kier molecular flexibility index (Phi) is 3.81. The predicted octanol–water partition coefficient (Wildman–Crippen LogP) is 0.756. The van der Waals surface area contributed by atoms with Crippen molar-refractivity contribution in [2.75, 3.05) is 0 Å². The average Bonchev–Trinajstić information content (AvgIpc) is 2.75. The lowest BCUT2D eigenvalue weighted by molar-refractivity contribution is 0.359. The van der Waals surface area contributed by atoms with Crippen LogP contribution >= 0.6 is 12.4 Å². The van der Waals surface area contributed by atoms with E-state index in [0.717, 1.165) is 0 Å². The van der Waals surface area contributed by atoms with Gasteiger partial charge in [-0.2, -0.15) is 10.1 Å². The molecule has 0 bridgehead atoms. The van der Waals surface area contributed by atoms with Gasteiger partial charge in [-0.1, -0.05) is 5.16 Å². The molecule has 0 aliphatic rings. The maximum absolute atomic E-state index is 5.59. The SMILES string of the molecule is CC(N)c1noc(Cn2cccn2)n1.Cl. The lowest BCUT2D eigenvalue weighted by Crippen LogP contribution is -2.07. The van der Waals surface area contributed by atoms with E-state index in [1.807, 2.05) is 19.2 Å². The van der Waals surface area contributed by atoms with E-state index in [1.54, 1.807) is 10.9 Å². The molecule has 0 saturated carbocycles. The Hall–Kier alpha value is -1.40. The maximum atomic E-state index is 5.59. The molecule has 0 radical (unpaired) electrons. The molecule has 7 heteroatoms. The molecule has 2 heterocycles. The van der Waals surface area contributed by atoms with Gasteiger partial charge >= 0.3 is 0 Å². The zero-order chi connectivity index (χ0) is 9.97. The highest BCUT2D eigenvalue weighted by Gasteiger charge is 2.09. The molecule has 0 fully saturated rings. The Morgan fingerprint density at radius 3 is 2.93 bits per heavy atom. The van der Waals surface area contributed by atoms with Gasteiger partial charge in [0.1, 0.15) is 6.54 Å². The Morgan fingerprint density at radius 2 is 2.40 bits per heavy atom. The Balaban J connectivity index is 0.00000112. The molecule has 15 heavy (non-hydrogen) atoms. The van der Waals surface area contributed by atoms with Crippen LogP contribution in [0.15, 0.2) is 23.0 Å². The summed E-state index contributed by atoms with van der Waals surface area (Å²) >= 11 is 0. The lowest BCUT2D eigenvalue weighted by Gasteiger charge is -1.94. The number of hydrogen-bond donors (Lipinski definition) is 1. The highest BCUT2D eigenvalue weighted by molar-refractivity contribution is 5.85. The maximum Gasteiger partial charge on any atom is 0.248 e. The van der Waals surface area contributed by atoms with Crippen molar-refractivity contribution in [3.8, 4) is 0 Å². The first kappa shape index (κ1) is 11.7. The van der Waals surface area contributed by atoms with Crippen molar-refractivity contribution < 1.29 is 4.52 Å². The molecule has 1 atom stereocenters. The van der Waals surface area contributed by atoms with Crippen LogP contribution < -0.4 is 5.73 Å². The molecule has 1 unspecified atom stereocenters. The number of nitrogens with two attached hydrogens (primary N) is 1. The van der Waals surface area contributed by atoms with E-state index >= 15 is 0 Å². The normalized spacial score (nSPS) is 12.1. The van der Waals surface area contributed by atoms with E-state index in [4.69, 9.17) is 10.3 Å². The van der Waals surface area contributed by atoms with Crippen LogP contribution in [-0.2, 0) is 6.54 Å². The Labute approximate surface area is 92.9 Å². The van der Waals surface area contributed by atoms with E-state index in [2.05, 4.69) is 15.2 Å². The molecule has 0 aliphatic heterocycles. The van der Waals surface area contributed by atoms with E-state index in [9.17, 15) is 0 Å². The standard InChI is InChI=1S/C8H11N5O.ClH/c1-6(9)8-11-7(14-12-8)5-13-4-2-3-10-13;/h2-4,6H,5,9H2,1H3;1H. The summed E-state index contributed by atoms with van der Waals surface area (Å²) in [6.07, 6.45) is 3.53. The van der Waals surface area contributed by atoms with Gasteiger partial charge in [-0.05, 0) is 13.0 Å². The largest absolute Gasteiger partial charge is 0.337 e. The van der Waals surface area contributed by atoms with Crippen LogP contribution in [-0.4, -0.2) is 19.9 Å². The van der Waals surface area contributed by atoms with Crippen molar-refractivity contribution in [3.05, 3.63) is 30.2 Å². The summed E-state index contributed by atoms with van der Waals surface area (Å²) in [5.74, 6) is 1.04. The van der Waals surface area contributed by atoms with Crippen LogP contribution in [0.3, 0.4) is 0 Å². The summed E-state index contributed by atoms with van der Waals surface area (Å²) in [5, 5.41) is 7.77. The fraction of sp³-hybridized carbons (Fsp3) is 0.375. The summed E-state index contributed by atoms with van der Waals surface area (Å²) in [5.41, 5.74) is 5.59. The van der Waals surface area contributed by atoms with Crippen molar-refractivity contribution >= 4 is 12.4 Å². The minimum absolute atomic E-state index is 0. The highest BCUT2D eigenvalue weighted by Crippen LogP contribution is 2.05. The molecule has 0 aliphatic carbocycles. The quantitative estimate of drug-likeness (QED) is 0.840. The third kappa shape index (κ3) is 2.77. The van der Waals surface area contributed by atoms with Crippen LogP contribution in [0.2, 0.25) is 0 Å². The lowest BCUT2D eigenvalue weighted by atomic mass is 10.3. The number of halogens is 1. The fourth-order valence-corrected chi connectivity index (χ4v) is 1.05. The molecule has 2 aromatic heterocycles. The van der Waals surface area contributed by atoms with Crippen LogP contribution in [0, 0.1) is 0 Å².